The minimum atomic E-state index is -3.79. The smallest absolute Gasteiger partial charge is 0.244 e. The van der Waals surface area contributed by atoms with Gasteiger partial charge in [-0.3, -0.25) is 13.9 Å². The zero-order chi connectivity index (χ0) is 27.2. The topological polar surface area (TPSA) is 86.8 Å². The molecule has 0 fully saturated rings. The second-order valence-electron chi connectivity index (χ2n) is 9.03. The van der Waals surface area contributed by atoms with Crippen molar-refractivity contribution in [1.29, 1.82) is 0 Å². The number of benzene rings is 3. The average molecular weight is 587 g/mol. The zero-order valence-electron chi connectivity index (χ0n) is 21.4. The second kappa shape index (κ2) is 12.4. The minimum absolute atomic E-state index is 0.133. The summed E-state index contributed by atoms with van der Waals surface area (Å²) in [4.78, 5) is 28.5. The number of rotatable bonds is 10. The van der Waals surface area contributed by atoms with Crippen LogP contribution in [0.25, 0.3) is 0 Å². The van der Waals surface area contributed by atoms with Crippen LogP contribution in [0.4, 0.5) is 5.69 Å². The van der Waals surface area contributed by atoms with Gasteiger partial charge in [0.1, 0.15) is 12.6 Å². The Hall–Kier alpha value is -3.17. The summed E-state index contributed by atoms with van der Waals surface area (Å²) in [6.45, 7) is 3.43. The van der Waals surface area contributed by atoms with Crippen LogP contribution < -0.4 is 9.62 Å². The molecule has 0 heterocycles. The summed E-state index contributed by atoms with van der Waals surface area (Å²) in [6, 6.07) is 21.5. The van der Waals surface area contributed by atoms with E-state index in [1.54, 1.807) is 6.07 Å². The first-order chi connectivity index (χ1) is 17.5. The highest BCUT2D eigenvalue weighted by Crippen LogP contribution is 2.25. The highest BCUT2D eigenvalue weighted by molar-refractivity contribution is 9.10. The standard InChI is InChI=1S/C28H32BrN3O4S/c1-20-13-14-25(21(2)15-20)32(37(4,35)36)19-27(33)31(18-23-11-8-12-24(29)16-23)26(28(34)30-3)17-22-9-6-5-7-10-22/h5-16,26H,17-19H2,1-4H3,(H,30,34)/t26-/m0/s1. The largest absolute Gasteiger partial charge is 0.357 e. The van der Waals surface area contributed by atoms with Gasteiger partial charge in [-0.15, -0.1) is 0 Å². The lowest BCUT2D eigenvalue weighted by Crippen LogP contribution is -2.53. The molecule has 7 nitrogen and oxygen atoms in total. The van der Waals surface area contributed by atoms with Crippen LogP contribution in [0.3, 0.4) is 0 Å². The minimum Gasteiger partial charge on any atom is -0.357 e. The lowest BCUT2D eigenvalue weighted by atomic mass is 10.0. The molecule has 0 aliphatic heterocycles. The molecule has 0 saturated heterocycles. The van der Waals surface area contributed by atoms with Crippen LogP contribution in [0.1, 0.15) is 22.3 Å². The van der Waals surface area contributed by atoms with Gasteiger partial charge in [-0.1, -0.05) is 76.1 Å². The lowest BCUT2D eigenvalue weighted by Gasteiger charge is -2.33. The highest BCUT2D eigenvalue weighted by Gasteiger charge is 2.33. The number of sulfonamides is 1. The average Bonchev–Trinajstić information content (AvgIpc) is 2.84. The number of amides is 2. The van der Waals surface area contributed by atoms with E-state index in [0.717, 1.165) is 37.3 Å². The summed E-state index contributed by atoms with van der Waals surface area (Å²) >= 11 is 3.46. The van der Waals surface area contributed by atoms with Gasteiger partial charge in [0.05, 0.1) is 11.9 Å². The first-order valence-corrected chi connectivity index (χ1v) is 14.5. The fraction of sp³-hybridized carbons (Fsp3) is 0.286. The van der Waals surface area contributed by atoms with Crippen molar-refractivity contribution < 1.29 is 18.0 Å². The van der Waals surface area contributed by atoms with Crippen LogP contribution >= 0.6 is 15.9 Å². The fourth-order valence-electron chi connectivity index (χ4n) is 4.23. The fourth-order valence-corrected chi connectivity index (χ4v) is 5.59. The van der Waals surface area contributed by atoms with E-state index in [0.29, 0.717) is 5.69 Å². The zero-order valence-corrected chi connectivity index (χ0v) is 23.8. The van der Waals surface area contributed by atoms with Crippen LogP contribution in [0.15, 0.2) is 77.3 Å². The van der Waals surface area contributed by atoms with Crippen molar-refractivity contribution in [2.24, 2.45) is 0 Å². The summed E-state index contributed by atoms with van der Waals surface area (Å²) < 4.78 is 27.7. The number of carbonyl (C=O) groups excluding carboxylic acids is 2. The van der Waals surface area contributed by atoms with Crippen LogP contribution in [-0.4, -0.2) is 51.0 Å². The second-order valence-corrected chi connectivity index (χ2v) is 11.9. The predicted octanol–water partition coefficient (Wildman–Crippen LogP) is 4.22. The molecule has 0 radical (unpaired) electrons. The number of nitrogens with zero attached hydrogens (tertiary/aromatic N) is 2. The van der Waals surface area contributed by atoms with Gasteiger partial charge in [-0.05, 0) is 48.7 Å². The maximum absolute atomic E-state index is 13.9. The van der Waals surface area contributed by atoms with Crippen LogP contribution in [-0.2, 0) is 32.6 Å². The summed E-state index contributed by atoms with van der Waals surface area (Å²) in [5.41, 5.74) is 3.85. The molecule has 3 aromatic rings. The van der Waals surface area contributed by atoms with Crippen LogP contribution in [0.2, 0.25) is 0 Å². The molecule has 1 N–H and O–H groups in total. The number of anilines is 1. The quantitative estimate of drug-likeness (QED) is 0.386. The van der Waals surface area contributed by atoms with Crippen LogP contribution in [0, 0.1) is 13.8 Å². The molecule has 0 spiro atoms. The van der Waals surface area contributed by atoms with Crippen molar-refractivity contribution in [1.82, 2.24) is 10.2 Å². The SMILES string of the molecule is CNC(=O)[C@H](Cc1ccccc1)N(Cc1cccc(Br)c1)C(=O)CN(c1ccc(C)cc1C)S(C)(=O)=O. The van der Waals surface area contributed by atoms with Gasteiger partial charge in [0.25, 0.3) is 0 Å². The molecule has 3 aromatic carbocycles. The van der Waals surface area contributed by atoms with Gasteiger partial charge in [0, 0.05) is 24.5 Å². The number of hydrogen-bond acceptors (Lipinski definition) is 4. The van der Waals surface area contributed by atoms with Crippen molar-refractivity contribution >= 4 is 43.5 Å². The normalized spacial score (nSPS) is 12.0. The van der Waals surface area contributed by atoms with E-state index in [2.05, 4.69) is 21.2 Å². The Morgan fingerprint density at radius 2 is 1.62 bits per heavy atom. The summed E-state index contributed by atoms with van der Waals surface area (Å²) in [5.74, 6) is -0.806. The van der Waals surface area contributed by atoms with Gasteiger partial charge in [0.2, 0.25) is 21.8 Å². The Morgan fingerprint density at radius 3 is 2.22 bits per heavy atom. The Morgan fingerprint density at radius 1 is 0.946 bits per heavy atom. The van der Waals surface area contributed by atoms with Gasteiger partial charge < -0.3 is 10.2 Å². The van der Waals surface area contributed by atoms with Crippen molar-refractivity contribution in [3.8, 4) is 0 Å². The molecular formula is C28H32BrN3O4S. The number of halogens is 1. The van der Waals surface area contributed by atoms with E-state index in [1.807, 2.05) is 80.6 Å². The van der Waals surface area contributed by atoms with E-state index in [9.17, 15) is 18.0 Å². The molecule has 2 amide bonds. The molecular weight excluding hydrogens is 554 g/mol. The molecule has 0 unspecified atom stereocenters. The Bertz CT molecular complexity index is 1360. The monoisotopic (exact) mass is 585 g/mol. The summed E-state index contributed by atoms with van der Waals surface area (Å²) in [5, 5.41) is 2.67. The van der Waals surface area contributed by atoms with E-state index < -0.39 is 28.5 Å². The Kier molecular flexibility index (Phi) is 9.50. The van der Waals surface area contributed by atoms with Crippen molar-refractivity contribution in [2.75, 3.05) is 24.2 Å². The third-order valence-electron chi connectivity index (χ3n) is 6.06. The molecule has 9 heteroatoms. The maximum atomic E-state index is 13.9. The van der Waals surface area contributed by atoms with E-state index in [4.69, 9.17) is 0 Å². The van der Waals surface area contributed by atoms with E-state index in [-0.39, 0.29) is 18.9 Å². The van der Waals surface area contributed by atoms with Gasteiger partial charge in [-0.25, -0.2) is 8.42 Å². The molecule has 0 bridgehead atoms. The third-order valence-corrected chi connectivity index (χ3v) is 7.68. The molecule has 0 aliphatic rings. The van der Waals surface area contributed by atoms with Gasteiger partial charge in [0.15, 0.2) is 0 Å². The number of hydrogen-bond donors (Lipinski definition) is 1. The van der Waals surface area contributed by atoms with Crippen molar-refractivity contribution in [2.45, 2.75) is 32.9 Å². The Balaban J connectivity index is 2.05. The van der Waals surface area contributed by atoms with E-state index in [1.165, 1.54) is 11.9 Å². The lowest BCUT2D eigenvalue weighted by molar-refractivity contribution is -0.139. The van der Waals surface area contributed by atoms with Gasteiger partial charge in [-0.2, -0.15) is 0 Å². The molecule has 196 valence electrons. The number of carbonyl (C=O) groups is 2. The molecule has 0 aliphatic carbocycles. The first-order valence-electron chi connectivity index (χ1n) is 11.8. The maximum Gasteiger partial charge on any atom is 0.244 e. The molecule has 0 saturated carbocycles. The molecule has 3 rings (SSSR count). The highest BCUT2D eigenvalue weighted by atomic mass is 79.9. The first kappa shape index (κ1) is 28.4. The Labute approximate surface area is 227 Å². The molecule has 1 atom stereocenters. The predicted molar refractivity (Wildman–Crippen MR) is 151 cm³/mol. The van der Waals surface area contributed by atoms with Crippen LogP contribution in [0.5, 0.6) is 0 Å². The third kappa shape index (κ3) is 7.66. The number of nitrogens with one attached hydrogen (secondary N) is 1. The number of likely N-dealkylation sites (N-methyl/N-ethyl adjacent to an activating group) is 1. The van der Waals surface area contributed by atoms with E-state index >= 15 is 0 Å². The van der Waals surface area contributed by atoms with Crippen molar-refractivity contribution in [3.05, 3.63) is 99.5 Å². The molecule has 0 aromatic heterocycles. The summed E-state index contributed by atoms with van der Waals surface area (Å²) in [6.07, 6.45) is 1.36. The number of aryl methyl sites for hydroxylation is 2. The van der Waals surface area contributed by atoms with Crippen molar-refractivity contribution in [3.63, 3.8) is 0 Å². The molecule has 37 heavy (non-hydrogen) atoms. The summed E-state index contributed by atoms with van der Waals surface area (Å²) in [7, 11) is -2.27. The van der Waals surface area contributed by atoms with Gasteiger partial charge >= 0.3 is 0 Å².